The van der Waals surface area contributed by atoms with Crippen LogP contribution in [0.2, 0.25) is 0 Å². The molecule has 2 aromatic rings. The molecule has 1 aliphatic carbocycles. The maximum absolute atomic E-state index is 9.61. The summed E-state index contributed by atoms with van der Waals surface area (Å²) in [4.78, 5) is 8.73. The number of halogens is 1. The van der Waals surface area contributed by atoms with Crippen molar-refractivity contribution in [3.8, 4) is 5.75 Å². The number of phenolic OH excluding ortho intramolecular Hbond substituents is 1. The number of aromatic nitrogens is 2. The number of rotatable bonds is 1. The van der Waals surface area contributed by atoms with Gasteiger partial charge in [0.2, 0.25) is 0 Å². The highest BCUT2D eigenvalue weighted by atomic mass is 79.9. The van der Waals surface area contributed by atoms with E-state index in [1.807, 2.05) is 0 Å². The molecule has 0 saturated heterocycles. The third kappa shape index (κ3) is 1.51. The molecule has 0 aliphatic heterocycles. The van der Waals surface area contributed by atoms with Crippen LogP contribution in [0.4, 0.5) is 5.82 Å². The van der Waals surface area contributed by atoms with Gasteiger partial charge in [0.15, 0.2) is 0 Å². The minimum Gasteiger partial charge on any atom is -0.507 e. The molecule has 0 amide bonds. The number of hydrogen-bond acceptors (Lipinski definition) is 4. The van der Waals surface area contributed by atoms with Crippen molar-refractivity contribution in [2.24, 2.45) is 0 Å². The first-order chi connectivity index (χ1) is 7.65. The molecule has 1 saturated carbocycles. The van der Waals surface area contributed by atoms with E-state index in [0.29, 0.717) is 21.7 Å². The van der Waals surface area contributed by atoms with Crippen molar-refractivity contribution in [1.82, 2.24) is 9.97 Å². The van der Waals surface area contributed by atoms with E-state index in [1.165, 1.54) is 0 Å². The summed E-state index contributed by atoms with van der Waals surface area (Å²) in [5.41, 5.74) is 6.59. The number of fused-ring (bicyclic) bond motifs is 1. The Balaban J connectivity index is 2.28. The molecule has 1 aromatic carbocycles. The molecule has 4 nitrogen and oxygen atoms in total. The van der Waals surface area contributed by atoms with Gasteiger partial charge >= 0.3 is 0 Å². The highest BCUT2D eigenvalue weighted by molar-refractivity contribution is 9.10. The molecule has 0 unspecified atom stereocenters. The quantitative estimate of drug-likeness (QED) is 0.842. The van der Waals surface area contributed by atoms with Gasteiger partial charge in [-0.25, -0.2) is 9.97 Å². The van der Waals surface area contributed by atoms with Crippen LogP contribution in [0.5, 0.6) is 5.75 Å². The molecule has 1 heterocycles. The summed E-state index contributed by atoms with van der Waals surface area (Å²) in [6.45, 7) is 0. The predicted molar refractivity (Wildman–Crippen MR) is 65.3 cm³/mol. The number of phenols is 1. The Hall–Kier alpha value is -1.36. The van der Waals surface area contributed by atoms with Gasteiger partial charge in [0.05, 0.1) is 9.99 Å². The average Bonchev–Trinajstić information content (AvgIpc) is 3.04. The maximum Gasteiger partial charge on any atom is 0.135 e. The van der Waals surface area contributed by atoms with Crippen molar-refractivity contribution in [1.29, 1.82) is 0 Å². The predicted octanol–water partition coefficient (Wildman–Crippen LogP) is 2.56. The van der Waals surface area contributed by atoms with E-state index in [0.717, 1.165) is 24.1 Å². The molecule has 3 N–H and O–H groups in total. The lowest BCUT2D eigenvalue weighted by atomic mass is 10.2. The summed E-state index contributed by atoms with van der Waals surface area (Å²) in [5, 5.41) is 10.4. The van der Waals surface area contributed by atoms with Gasteiger partial charge in [-0.15, -0.1) is 0 Å². The summed E-state index contributed by atoms with van der Waals surface area (Å²) >= 11 is 3.25. The van der Waals surface area contributed by atoms with E-state index in [-0.39, 0.29) is 5.75 Å². The monoisotopic (exact) mass is 279 g/mol. The number of nitrogens with zero attached hydrogens (tertiary/aromatic N) is 2. The lowest BCUT2D eigenvalue weighted by Gasteiger charge is -2.06. The Morgan fingerprint density at radius 1 is 1.31 bits per heavy atom. The minimum atomic E-state index is 0.173. The highest BCUT2D eigenvalue weighted by Gasteiger charge is 2.27. The lowest BCUT2D eigenvalue weighted by molar-refractivity contribution is 0.472. The fraction of sp³-hybridized carbons (Fsp3) is 0.273. The number of nitrogens with two attached hydrogens (primary N) is 1. The molecule has 1 aromatic heterocycles. The van der Waals surface area contributed by atoms with Gasteiger partial charge < -0.3 is 10.8 Å². The minimum absolute atomic E-state index is 0.173. The first-order valence-corrected chi connectivity index (χ1v) is 5.90. The van der Waals surface area contributed by atoms with Crippen molar-refractivity contribution in [2.75, 3.05) is 5.73 Å². The van der Waals surface area contributed by atoms with Gasteiger partial charge in [-0.2, -0.15) is 0 Å². The Labute approximate surface area is 101 Å². The fourth-order valence-electron chi connectivity index (χ4n) is 1.70. The van der Waals surface area contributed by atoms with E-state index in [1.54, 1.807) is 12.1 Å². The molecule has 0 radical (unpaired) electrons. The lowest BCUT2D eigenvalue weighted by Crippen LogP contribution is -1.99. The molecule has 0 atom stereocenters. The molecule has 1 aliphatic rings. The summed E-state index contributed by atoms with van der Waals surface area (Å²) in [5.74, 6) is 1.91. The standard InChI is InChI=1S/C11H10BrN3O/c12-7-3-6-8(4-9(7)16)14-11(5-1-2-5)15-10(6)13/h3-5,16H,1-2H2,(H2,13,14,15). The zero-order valence-corrected chi connectivity index (χ0v) is 10.0. The van der Waals surface area contributed by atoms with Crippen LogP contribution in [0.15, 0.2) is 16.6 Å². The molecule has 16 heavy (non-hydrogen) atoms. The zero-order chi connectivity index (χ0) is 11.3. The first-order valence-electron chi connectivity index (χ1n) is 5.11. The Morgan fingerprint density at radius 2 is 2.06 bits per heavy atom. The SMILES string of the molecule is Nc1nc(C2CC2)nc2cc(O)c(Br)cc12. The fourth-order valence-corrected chi connectivity index (χ4v) is 2.05. The highest BCUT2D eigenvalue weighted by Crippen LogP contribution is 2.40. The smallest absolute Gasteiger partial charge is 0.135 e. The van der Waals surface area contributed by atoms with E-state index >= 15 is 0 Å². The third-order valence-electron chi connectivity index (χ3n) is 2.75. The van der Waals surface area contributed by atoms with Gasteiger partial charge in [-0.3, -0.25) is 0 Å². The van der Waals surface area contributed by atoms with Gasteiger partial charge in [-0.05, 0) is 34.8 Å². The summed E-state index contributed by atoms with van der Waals surface area (Å²) in [7, 11) is 0. The van der Waals surface area contributed by atoms with Crippen molar-refractivity contribution in [3.05, 3.63) is 22.4 Å². The maximum atomic E-state index is 9.61. The van der Waals surface area contributed by atoms with Crippen molar-refractivity contribution in [3.63, 3.8) is 0 Å². The Morgan fingerprint density at radius 3 is 2.75 bits per heavy atom. The van der Waals surface area contributed by atoms with Gasteiger partial charge in [0.1, 0.15) is 17.4 Å². The Bertz CT molecular complexity index is 581. The Kier molecular flexibility index (Phi) is 2.04. The normalized spacial score (nSPS) is 15.6. The number of aromatic hydroxyl groups is 1. The molecule has 5 heteroatoms. The van der Waals surface area contributed by atoms with Crippen LogP contribution in [0, 0.1) is 0 Å². The van der Waals surface area contributed by atoms with Crippen LogP contribution >= 0.6 is 15.9 Å². The molecule has 0 spiro atoms. The summed E-state index contributed by atoms with van der Waals surface area (Å²) in [6.07, 6.45) is 2.26. The second-order valence-electron chi connectivity index (χ2n) is 4.06. The van der Waals surface area contributed by atoms with Crippen LogP contribution in [0.3, 0.4) is 0 Å². The van der Waals surface area contributed by atoms with E-state index < -0.39 is 0 Å². The molecule has 3 rings (SSSR count). The van der Waals surface area contributed by atoms with Gasteiger partial charge in [0, 0.05) is 17.4 Å². The van der Waals surface area contributed by atoms with Gasteiger partial charge in [0.25, 0.3) is 0 Å². The number of benzene rings is 1. The second-order valence-corrected chi connectivity index (χ2v) is 4.92. The van der Waals surface area contributed by atoms with Crippen LogP contribution in [0.1, 0.15) is 24.6 Å². The largest absolute Gasteiger partial charge is 0.507 e. The van der Waals surface area contributed by atoms with Crippen LogP contribution in [0.25, 0.3) is 10.9 Å². The second kappa shape index (κ2) is 3.31. The van der Waals surface area contributed by atoms with Crippen LogP contribution < -0.4 is 5.73 Å². The van der Waals surface area contributed by atoms with E-state index in [4.69, 9.17) is 5.73 Å². The number of nitrogen functional groups attached to an aromatic ring is 1. The molecule has 0 bridgehead atoms. The average molecular weight is 280 g/mol. The van der Waals surface area contributed by atoms with Crippen LogP contribution in [-0.2, 0) is 0 Å². The number of hydrogen-bond donors (Lipinski definition) is 2. The zero-order valence-electron chi connectivity index (χ0n) is 8.44. The summed E-state index contributed by atoms with van der Waals surface area (Å²) in [6, 6.07) is 3.36. The molecule has 1 fully saturated rings. The first kappa shape index (κ1) is 9.84. The van der Waals surface area contributed by atoms with Crippen molar-refractivity contribution in [2.45, 2.75) is 18.8 Å². The summed E-state index contributed by atoms with van der Waals surface area (Å²) < 4.78 is 0.606. The molecule has 82 valence electrons. The topological polar surface area (TPSA) is 72.0 Å². The third-order valence-corrected chi connectivity index (χ3v) is 3.39. The van der Waals surface area contributed by atoms with Gasteiger partial charge in [-0.1, -0.05) is 0 Å². The molecular formula is C11H10BrN3O. The van der Waals surface area contributed by atoms with Crippen molar-refractivity contribution >= 4 is 32.7 Å². The van der Waals surface area contributed by atoms with Crippen LogP contribution in [-0.4, -0.2) is 15.1 Å². The molecular weight excluding hydrogens is 270 g/mol. The van der Waals surface area contributed by atoms with E-state index in [9.17, 15) is 5.11 Å². The number of anilines is 1. The van der Waals surface area contributed by atoms with E-state index in [2.05, 4.69) is 25.9 Å². The van der Waals surface area contributed by atoms with Crippen molar-refractivity contribution < 1.29 is 5.11 Å².